The molecule has 0 saturated carbocycles. The number of likely N-dealkylation sites (tertiary alicyclic amines) is 1. The lowest BCUT2D eigenvalue weighted by molar-refractivity contribution is 0.0643. The van der Waals surface area contributed by atoms with Gasteiger partial charge in [0.25, 0.3) is 0 Å². The maximum Gasteiger partial charge on any atom is 0.117 e. The Labute approximate surface area is 189 Å². The summed E-state index contributed by atoms with van der Waals surface area (Å²) in [5, 5.41) is 9.90. The van der Waals surface area contributed by atoms with Crippen LogP contribution in [0.15, 0.2) is 54.7 Å². The van der Waals surface area contributed by atoms with Crippen LogP contribution in [-0.2, 0) is 4.74 Å². The van der Waals surface area contributed by atoms with Crippen molar-refractivity contribution in [3.63, 3.8) is 0 Å². The lowest BCUT2D eigenvalue weighted by Gasteiger charge is -2.33. The number of nitrogens with two attached hydrogens (primary N) is 2. The number of hydrazine groups is 1. The Morgan fingerprint density at radius 1 is 1.12 bits per heavy atom. The average Bonchev–Trinajstić information content (AvgIpc) is 3.49. The molecular formula is C25H32N6O. The third kappa shape index (κ3) is 4.50. The van der Waals surface area contributed by atoms with Gasteiger partial charge in [0.05, 0.1) is 23.0 Å². The summed E-state index contributed by atoms with van der Waals surface area (Å²) in [4.78, 5) is 2.56. The molecule has 0 aliphatic carbocycles. The molecule has 32 heavy (non-hydrogen) atoms. The molecule has 7 heteroatoms. The van der Waals surface area contributed by atoms with Crippen molar-refractivity contribution < 1.29 is 4.74 Å². The van der Waals surface area contributed by atoms with Crippen LogP contribution in [0.3, 0.4) is 0 Å². The zero-order valence-electron chi connectivity index (χ0n) is 18.4. The number of nitrogens with zero attached hydrogens (tertiary/aromatic N) is 3. The molecule has 1 atom stereocenters. The van der Waals surface area contributed by atoms with E-state index >= 15 is 0 Å². The van der Waals surface area contributed by atoms with Crippen LogP contribution in [-0.4, -0.2) is 47.4 Å². The van der Waals surface area contributed by atoms with Gasteiger partial charge in [-0.2, -0.15) is 5.10 Å². The number of aromatic nitrogens is 2. The summed E-state index contributed by atoms with van der Waals surface area (Å²) in [5.74, 6) is 6.89. The molecule has 0 spiro atoms. The summed E-state index contributed by atoms with van der Waals surface area (Å²) in [6.45, 7) is 4.32. The highest BCUT2D eigenvalue weighted by Crippen LogP contribution is 2.30. The number of aromatic amines is 1. The van der Waals surface area contributed by atoms with Crippen molar-refractivity contribution in [1.82, 2.24) is 15.1 Å². The number of anilines is 1. The van der Waals surface area contributed by atoms with Crippen molar-refractivity contribution in [2.24, 2.45) is 11.6 Å². The van der Waals surface area contributed by atoms with Gasteiger partial charge in [-0.15, -0.1) is 0 Å². The van der Waals surface area contributed by atoms with E-state index in [4.69, 9.17) is 16.3 Å². The number of hydrogen-bond donors (Lipinski definition) is 3. The van der Waals surface area contributed by atoms with E-state index in [1.165, 1.54) is 31.2 Å². The second-order valence-electron chi connectivity index (χ2n) is 8.91. The van der Waals surface area contributed by atoms with Gasteiger partial charge in [-0.1, -0.05) is 30.3 Å². The summed E-state index contributed by atoms with van der Waals surface area (Å²) in [7, 11) is 0. The normalized spacial score (nSPS) is 20.8. The quantitative estimate of drug-likeness (QED) is 0.407. The zero-order chi connectivity index (χ0) is 21.9. The van der Waals surface area contributed by atoms with Gasteiger partial charge in [0.1, 0.15) is 5.69 Å². The highest BCUT2D eigenvalue weighted by molar-refractivity contribution is 5.89. The number of H-pyrrole nitrogens is 1. The number of benzene rings is 2. The SMILES string of the molecule is N/C(=C\N(N)c1ccc(C2CCN(CC3CCCO3)CC2)cc1)c1n[nH]c2ccccc12. The van der Waals surface area contributed by atoms with Crippen molar-refractivity contribution in [1.29, 1.82) is 0 Å². The fourth-order valence-electron chi connectivity index (χ4n) is 4.91. The first-order valence-corrected chi connectivity index (χ1v) is 11.6. The van der Waals surface area contributed by atoms with Gasteiger partial charge >= 0.3 is 0 Å². The molecule has 3 heterocycles. The minimum absolute atomic E-state index is 0.446. The van der Waals surface area contributed by atoms with Crippen LogP contribution in [0, 0.1) is 0 Å². The molecular weight excluding hydrogens is 400 g/mol. The van der Waals surface area contributed by atoms with E-state index in [0.717, 1.165) is 42.8 Å². The van der Waals surface area contributed by atoms with Gasteiger partial charge in [-0.3, -0.25) is 10.1 Å². The highest BCUT2D eigenvalue weighted by Gasteiger charge is 2.24. The van der Waals surface area contributed by atoms with Crippen molar-refractivity contribution in [2.45, 2.75) is 37.7 Å². The fraction of sp³-hybridized carbons (Fsp3) is 0.400. The molecule has 2 aromatic carbocycles. The van der Waals surface area contributed by atoms with E-state index in [-0.39, 0.29) is 0 Å². The summed E-state index contributed by atoms with van der Waals surface area (Å²) in [6.07, 6.45) is 6.98. The summed E-state index contributed by atoms with van der Waals surface area (Å²) in [6, 6.07) is 16.4. The van der Waals surface area contributed by atoms with E-state index < -0.39 is 0 Å². The van der Waals surface area contributed by atoms with Gasteiger partial charge in [0.15, 0.2) is 0 Å². The molecule has 7 nitrogen and oxygen atoms in total. The Morgan fingerprint density at radius 3 is 2.66 bits per heavy atom. The molecule has 2 aliphatic rings. The van der Waals surface area contributed by atoms with Gasteiger partial charge < -0.3 is 15.4 Å². The Hall–Kier alpha value is -2.87. The average molecular weight is 433 g/mol. The summed E-state index contributed by atoms with van der Waals surface area (Å²) < 4.78 is 5.80. The van der Waals surface area contributed by atoms with Gasteiger partial charge in [0, 0.05) is 24.7 Å². The van der Waals surface area contributed by atoms with Gasteiger partial charge in [-0.25, -0.2) is 5.84 Å². The minimum atomic E-state index is 0.446. The number of ether oxygens (including phenoxy) is 1. The first-order valence-electron chi connectivity index (χ1n) is 11.6. The monoisotopic (exact) mass is 432 g/mol. The molecule has 0 amide bonds. The molecule has 2 fully saturated rings. The zero-order valence-corrected chi connectivity index (χ0v) is 18.4. The first kappa shape index (κ1) is 21.0. The summed E-state index contributed by atoms with van der Waals surface area (Å²) >= 11 is 0. The second-order valence-corrected chi connectivity index (χ2v) is 8.91. The van der Waals surface area contributed by atoms with Crippen molar-refractivity contribution in [3.05, 3.63) is 66.0 Å². The number of piperidine rings is 1. The largest absolute Gasteiger partial charge is 0.396 e. The molecule has 5 rings (SSSR count). The van der Waals surface area contributed by atoms with Crippen LogP contribution < -0.4 is 16.6 Å². The number of nitrogens with one attached hydrogen (secondary N) is 1. The van der Waals surface area contributed by atoms with E-state index in [1.807, 2.05) is 24.3 Å². The van der Waals surface area contributed by atoms with Crippen molar-refractivity contribution in [3.8, 4) is 0 Å². The predicted molar refractivity (Wildman–Crippen MR) is 129 cm³/mol. The molecule has 5 N–H and O–H groups in total. The molecule has 1 aromatic heterocycles. The fourth-order valence-corrected chi connectivity index (χ4v) is 4.91. The Kier molecular flexibility index (Phi) is 6.12. The Balaban J connectivity index is 1.20. The lowest BCUT2D eigenvalue weighted by Crippen LogP contribution is -2.38. The van der Waals surface area contributed by atoms with Gasteiger partial charge in [-0.05, 0) is 68.5 Å². The minimum Gasteiger partial charge on any atom is -0.396 e. The van der Waals surface area contributed by atoms with E-state index in [9.17, 15) is 0 Å². The van der Waals surface area contributed by atoms with Crippen LogP contribution in [0.4, 0.5) is 5.69 Å². The molecule has 0 bridgehead atoms. The number of para-hydroxylation sites is 1. The van der Waals surface area contributed by atoms with Crippen LogP contribution >= 0.6 is 0 Å². The molecule has 3 aromatic rings. The van der Waals surface area contributed by atoms with Gasteiger partial charge in [0.2, 0.25) is 0 Å². The Bertz CT molecular complexity index is 1060. The first-order chi connectivity index (χ1) is 15.7. The van der Waals surface area contributed by atoms with E-state index in [0.29, 0.717) is 23.4 Å². The van der Waals surface area contributed by atoms with E-state index in [1.54, 1.807) is 11.2 Å². The van der Waals surface area contributed by atoms with E-state index in [2.05, 4.69) is 39.4 Å². The molecule has 168 valence electrons. The lowest BCUT2D eigenvalue weighted by atomic mass is 9.89. The third-order valence-electron chi connectivity index (χ3n) is 6.76. The van der Waals surface area contributed by atoms with Crippen LogP contribution in [0.1, 0.15) is 42.9 Å². The Morgan fingerprint density at radius 2 is 1.91 bits per heavy atom. The van der Waals surface area contributed by atoms with Crippen molar-refractivity contribution in [2.75, 3.05) is 31.3 Å². The highest BCUT2D eigenvalue weighted by atomic mass is 16.5. The second kappa shape index (κ2) is 9.32. The maximum absolute atomic E-state index is 6.31. The molecule has 1 unspecified atom stereocenters. The van der Waals surface area contributed by atoms with Crippen molar-refractivity contribution >= 4 is 22.3 Å². The number of fused-ring (bicyclic) bond motifs is 1. The number of hydrogen-bond acceptors (Lipinski definition) is 6. The standard InChI is InChI=1S/C25H32N6O/c26-23(25-22-5-1-2-6-24(22)28-29-25)17-31(27)20-9-7-18(8-10-20)19-11-13-30(14-12-19)16-21-4-3-15-32-21/h1-2,5-10,17,19,21H,3-4,11-16,26-27H2,(H,28,29)/b23-17-. The molecule has 2 saturated heterocycles. The van der Waals surface area contributed by atoms with Crippen LogP contribution in [0.25, 0.3) is 16.6 Å². The molecule has 2 aliphatic heterocycles. The maximum atomic E-state index is 6.31. The van der Waals surface area contributed by atoms with Crippen LogP contribution in [0.2, 0.25) is 0 Å². The smallest absolute Gasteiger partial charge is 0.117 e. The number of rotatable bonds is 6. The van der Waals surface area contributed by atoms with Crippen LogP contribution in [0.5, 0.6) is 0 Å². The molecule has 0 radical (unpaired) electrons. The predicted octanol–water partition coefficient (Wildman–Crippen LogP) is 3.56. The third-order valence-corrected chi connectivity index (χ3v) is 6.76. The topological polar surface area (TPSA) is 96.4 Å². The summed E-state index contributed by atoms with van der Waals surface area (Å²) in [5.41, 5.74) is 10.8.